The lowest BCUT2D eigenvalue weighted by molar-refractivity contribution is -0.116. The summed E-state index contributed by atoms with van der Waals surface area (Å²) in [5.41, 5.74) is 3.51. The average molecular weight is 325 g/mol. The molecule has 2 rings (SSSR count). The third-order valence-electron chi connectivity index (χ3n) is 3.87. The maximum absolute atomic E-state index is 12.2. The third-order valence-corrected chi connectivity index (χ3v) is 3.87. The van der Waals surface area contributed by atoms with E-state index in [1.54, 1.807) is 12.1 Å². The van der Waals surface area contributed by atoms with E-state index in [1.807, 2.05) is 51.1 Å². The Balaban J connectivity index is 1.93. The number of carbonyl (C=O) groups is 2. The Morgan fingerprint density at radius 2 is 1.75 bits per heavy atom. The van der Waals surface area contributed by atoms with Gasteiger partial charge >= 0.3 is 0 Å². The van der Waals surface area contributed by atoms with Crippen LogP contribution >= 0.6 is 0 Å². The van der Waals surface area contributed by atoms with Crippen molar-refractivity contribution in [3.63, 3.8) is 0 Å². The van der Waals surface area contributed by atoms with Crippen molar-refractivity contribution >= 4 is 17.4 Å². The highest BCUT2D eigenvalue weighted by atomic mass is 16.5. The van der Waals surface area contributed by atoms with Crippen LogP contribution in [0.15, 0.2) is 42.5 Å². The van der Waals surface area contributed by atoms with Crippen molar-refractivity contribution in [2.75, 3.05) is 11.9 Å². The van der Waals surface area contributed by atoms with E-state index in [-0.39, 0.29) is 24.5 Å². The van der Waals surface area contributed by atoms with Crippen molar-refractivity contribution in [1.29, 1.82) is 0 Å². The first-order valence-corrected chi connectivity index (χ1v) is 8.13. The van der Waals surface area contributed by atoms with Gasteiger partial charge in [0.2, 0.25) is 5.91 Å². The number of carbonyl (C=O) groups excluding carboxylic acids is 2. The molecule has 4 heteroatoms. The average Bonchev–Trinajstić information content (AvgIpc) is 2.57. The van der Waals surface area contributed by atoms with Crippen LogP contribution in [0.1, 0.15) is 41.3 Å². The summed E-state index contributed by atoms with van der Waals surface area (Å²) >= 11 is 0. The van der Waals surface area contributed by atoms with E-state index in [2.05, 4.69) is 5.32 Å². The van der Waals surface area contributed by atoms with Crippen LogP contribution in [0, 0.1) is 13.8 Å². The van der Waals surface area contributed by atoms with Crippen LogP contribution in [-0.2, 0) is 4.79 Å². The monoisotopic (exact) mass is 325 g/mol. The molecule has 0 saturated heterocycles. The molecule has 0 spiro atoms. The molecular formula is C20H23NO3. The Kier molecular flexibility index (Phi) is 6.13. The minimum absolute atomic E-state index is 0.0219. The first kappa shape index (κ1) is 17.7. The van der Waals surface area contributed by atoms with E-state index < -0.39 is 0 Å². The second-order valence-corrected chi connectivity index (χ2v) is 5.70. The van der Waals surface area contributed by atoms with Crippen LogP contribution in [0.2, 0.25) is 0 Å². The molecule has 0 unspecified atom stereocenters. The fourth-order valence-electron chi connectivity index (χ4n) is 2.35. The molecule has 0 fully saturated rings. The number of benzene rings is 2. The van der Waals surface area contributed by atoms with Crippen LogP contribution in [0.3, 0.4) is 0 Å². The SMILES string of the molecule is CCOc1ccccc1NC(=O)CCC(=O)c1ccc(C)c(C)c1. The summed E-state index contributed by atoms with van der Waals surface area (Å²) in [5, 5.41) is 2.81. The fourth-order valence-corrected chi connectivity index (χ4v) is 2.35. The van der Waals surface area contributed by atoms with Gasteiger partial charge in [0, 0.05) is 18.4 Å². The number of ketones is 1. The molecule has 0 aromatic heterocycles. The molecular weight excluding hydrogens is 302 g/mol. The summed E-state index contributed by atoms with van der Waals surface area (Å²) < 4.78 is 5.48. The molecule has 0 heterocycles. The minimum atomic E-state index is -0.195. The van der Waals surface area contributed by atoms with Gasteiger partial charge in [-0.15, -0.1) is 0 Å². The number of amides is 1. The number of para-hydroxylation sites is 2. The molecule has 0 saturated carbocycles. The van der Waals surface area contributed by atoms with Gasteiger partial charge in [0.25, 0.3) is 0 Å². The van der Waals surface area contributed by atoms with Gasteiger partial charge in [0.15, 0.2) is 5.78 Å². The fraction of sp³-hybridized carbons (Fsp3) is 0.300. The van der Waals surface area contributed by atoms with E-state index in [9.17, 15) is 9.59 Å². The van der Waals surface area contributed by atoms with Gasteiger partial charge in [0.1, 0.15) is 5.75 Å². The lowest BCUT2D eigenvalue weighted by Crippen LogP contribution is -2.14. The number of ether oxygens (including phenoxy) is 1. The number of aryl methyl sites for hydroxylation is 2. The molecule has 0 aliphatic rings. The van der Waals surface area contributed by atoms with E-state index in [0.29, 0.717) is 23.6 Å². The van der Waals surface area contributed by atoms with E-state index in [4.69, 9.17) is 4.74 Å². The van der Waals surface area contributed by atoms with Gasteiger partial charge in [-0.3, -0.25) is 9.59 Å². The first-order valence-electron chi connectivity index (χ1n) is 8.13. The smallest absolute Gasteiger partial charge is 0.224 e. The quantitative estimate of drug-likeness (QED) is 0.772. The van der Waals surface area contributed by atoms with Gasteiger partial charge in [-0.25, -0.2) is 0 Å². The Morgan fingerprint density at radius 1 is 1.00 bits per heavy atom. The molecule has 4 nitrogen and oxygen atoms in total. The second-order valence-electron chi connectivity index (χ2n) is 5.70. The van der Waals surface area contributed by atoms with E-state index in [1.165, 1.54) is 0 Å². The van der Waals surface area contributed by atoms with Crippen LogP contribution in [0.5, 0.6) is 5.75 Å². The minimum Gasteiger partial charge on any atom is -0.492 e. The topological polar surface area (TPSA) is 55.4 Å². The Hall–Kier alpha value is -2.62. The number of rotatable bonds is 7. The molecule has 0 radical (unpaired) electrons. The van der Waals surface area contributed by atoms with Crippen molar-refractivity contribution < 1.29 is 14.3 Å². The number of hydrogen-bond donors (Lipinski definition) is 1. The third kappa shape index (κ3) is 4.69. The summed E-state index contributed by atoms with van der Waals surface area (Å²) in [6, 6.07) is 12.9. The van der Waals surface area contributed by atoms with Gasteiger partial charge in [0.05, 0.1) is 12.3 Å². The summed E-state index contributed by atoms with van der Waals surface area (Å²) in [6.45, 7) is 6.40. The van der Waals surface area contributed by atoms with Gasteiger partial charge in [-0.05, 0) is 50.1 Å². The number of hydrogen-bond acceptors (Lipinski definition) is 3. The van der Waals surface area contributed by atoms with Crippen LogP contribution in [0.25, 0.3) is 0 Å². The zero-order valence-corrected chi connectivity index (χ0v) is 14.4. The Bertz CT molecular complexity index is 737. The standard InChI is InChI=1S/C20H23NO3/c1-4-24-19-8-6-5-7-17(19)21-20(23)12-11-18(22)16-10-9-14(2)15(3)13-16/h5-10,13H,4,11-12H2,1-3H3,(H,21,23). The molecule has 0 aliphatic carbocycles. The molecule has 0 aliphatic heterocycles. The lowest BCUT2D eigenvalue weighted by Gasteiger charge is -2.11. The van der Waals surface area contributed by atoms with Gasteiger partial charge in [-0.1, -0.05) is 24.3 Å². The van der Waals surface area contributed by atoms with Crippen molar-refractivity contribution in [3.8, 4) is 5.75 Å². The number of Topliss-reactive ketones (excluding diaryl/α,β-unsaturated/α-hetero) is 1. The number of anilines is 1. The maximum Gasteiger partial charge on any atom is 0.224 e. The largest absolute Gasteiger partial charge is 0.492 e. The molecule has 2 aromatic rings. The molecule has 2 aromatic carbocycles. The van der Waals surface area contributed by atoms with Crippen molar-refractivity contribution in [3.05, 3.63) is 59.2 Å². The highest BCUT2D eigenvalue weighted by Crippen LogP contribution is 2.24. The molecule has 126 valence electrons. The van der Waals surface area contributed by atoms with Crippen molar-refractivity contribution in [2.24, 2.45) is 0 Å². The van der Waals surface area contributed by atoms with E-state index in [0.717, 1.165) is 11.1 Å². The Labute approximate surface area is 142 Å². The van der Waals surface area contributed by atoms with Crippen LogP contribution in [-0.4, -0.2) is 18.3 Å². The molecule has 24 heavy (non-hydrogen) atoms. The second kappa shape index (κ2) is 8.29. The first-order chi connectivity index (χ1) is 11.5. The summed E-state index contributed by atoms with van der Waals surface area (Å²) in [4.78, 5) is 24.3. The molecule has 1 N–H and O–H groups in total. The normalized spacial score (nSPS) is 10.3. The molecule has 0 bridgehead atoms. The summed E-state index contributed by atoms with van der Waals surface area (Å²) in [5.74, 6) is 0.416. The predicted octanol–water partition coefficient (Wildman–Crippen LogP) is 4.30. The lowest BCUT2D eigenvalue weighted by atomic mass is 10.0. The predicted molar refractivity (Wildman–Crippen MR) is 95.7 cm³/mol. The van der Waals surface area contributed by atoms with Crippen LogP contribution in [0.4, 0.5) is 5.69 Å². The highest BCUT2D eigenvalue weighted by Gasteiger charge is 2.12. The number of nitrogens with one attached hydrogen (secondary N) is 1. The summed E-state index contributed by atoms with van der Waals surface area (Å²) in [6.07, 6.45) is 0.331. The highest BCUT2D eigenvalue weighted by molar-refractivity contribution is 6.00. The van der Waals surface area contributed by atoms with Crippen LogP contribution < -0.4 is 10.1 Å². The zero-order chi connectivity index (χ0) is 17.5. The van der Waals surface area contributed by atoms with Gasteiger partial charge in [-0.2, -0.15) is 0 Å². The summed E-state index contributed by atoms with van der Waals surface area (Å²) in [7, 11) is 0. The van der Waals surface area contributed by atoms with Gasteiger partial charge < -0.3 is 10.1 Å². The maximum atomic E-state index is 12.2. The Morgan fingerprint density at radius 3 is 2.46 bits per heavy atom. The van der Waals surface area contributed by atoms with E-state index >= 15 is 0 Å². The molecule has 1 amide bonds. The van der Waals surface area contributed by atoms with Crippen molar-refractivity contribution in [1.82, 2.24) is 0 Å². The van der Waals surface area contributed by atoms with Crippen molar-refractivity contribution in [2.45, 2.75) is 33.6 Å². The zero-order valence-electron chi connectivity index (χ0n) is 14.4. The molecule has 0 atom stereocenters.